The van der Waals surface area contributed by atoms with Crippen molar-refractivity contribution in [3.8, 4) is 5.75 Å². The highest BCUT2D eigenvalue weighted by Gasteiger charge is 2.43. The van der Waals surface area contributed by atoms with E-state index in [0.717, 1.165) is 19.6 Å². The lowest BCUT2D eigenvalue weighted by Crippen LogP contribution is -2.41. The number of allylic oxidation sites excluding steroid dienone is 3. The Bertz CT molecular complexity index is 1380. The Hall–Kier alpha value is -2.58. The van der Waals surface area contributed by atoms with Gasteiger partial charge in [-0.3, -0.25) is 4.79 Å². The Morgan fingerprint density at radius 1 is 1.23 bits per heavy atom. The van der Waals surface area contributed by atoms with E-state index in [2.05, 4.69) is 20.9 Å². The highest BCUT2D eigenvalue weighted by molar-refractivity contribution is 9.10. The minimum Gasteiger partial charge on any atom is -0.496 e. The molecule has 3 aromatic rings. The quantitative estimate of drug-likeness (QED) is 0.587. The average molecular weight is 489 g/mol. The van der Waals surface area contributed by atoms with Crippen LogP contribution in [-0.4, -0.2) is 29.2 Å². The molecule has 1 atom stereocenters. The summed E-state index contributed by atoms with van der Waals surface area (Å²) in [5.41, 5.74) is 2.19. The molecule has 0 fully saturated rings. The first-order chi connectivity index (χ1) is 14.2. The van der Waals surface area contributed by atoms with E-state index in [1.54, 1.807) is 26.2 Å². The monoisotopic (exact) mass is 488 g/mol. The molecule has 4 rings (SSSR count). The van der Waals surface area contributed by atoms with E-state index in [4.69, 9.17) is 4.74 Å². The zero-order chi connectivity index (χ0) is 21.7. The molecule has 0 spiro atoms. The number of methoxy groups -OCH3 is 1. The summed E-state index contributed by atoms with van der Waals surface area (Å²) in [4.78, 5) is 14.9. The minimum absolute atomic E-state index is 0.135. The van der Waals surface area contributed by atoms with Crippen molar-refractivity contribution in [1.29, 1.82) is 0 Å². The van der Waals surface area contributed by atoms with Gasteiger partial charge in [-0.15, -0.1) is 0 Å². The summed E-state index contributed by atoms with van der Waals surface area (Å²) < 4.78 is 33.6. The number of H-pyrrole nitrogens is 1. The number of aromatic nitrogens is 2. The molecule has 0 saturated carbocycles. The fourth-order valence-electron chi connectivity index (χ4n) is 3.80. The lowest BCUT2D eigenvalue weighted by molar-refractivity contribution is 0.413. The van der Waals surface area contributed by atoms with Gasteiger partial charge in [-0.1, -0.05) is 28.1 Å². The Morgan fingerprint density at radius 3 is 2.70 bits per heavy atom. The van der Waals surface area contributed by atoms with E-state index in [1.165, 1.54) is 12.4 Å². The summed E-state index contributed by atoms with van der Waals surface area (Å²) in [6.45, 7) is 3.51. The standard InChI is InChI=1S/C22H21BrN2O4S/c1-14-12-16(18-5-4-17(23)13-19(18)29-3)6-9-22(14,2)30(27,28)25-11-8-15-7-10-24-21(26)20(15)25/h4-8,10-13H,9H2,1-3H3,(H,24,26). The van der Waals surface area contributed by atoms with E-state index < -0.39 is 20.3 Å². The van der Waals surface area contributed by atoms with Gasteiger partial charge in [0.25, 0.3) is 5.56 Å². The molecule has 1 N–H and O–H groups in total. The Labute approximate surface area is 183 Å². The summed E-state index contributed by atoms with van der Waals surface area (Å²) >= 11 is 3.44. The first-order valence-corrected chi connectivity index (χ1v) is 11.6. The van der Waals surface area contributed by atoms with E-state index >= 15 is 0 Å². The second kappa shape index (κ2) is 7.28. The van der Waals surface area contributed by atoms with Gasteiger partial charge in [0.1, 0.15) is 16.0 Å². The maximum Gasteiger partial charge on any atom is 0.273 e. The van der Waals surface area contributed by atoms with Gasteiger partial charge in [0.05, 0.1) is 7.11 Å². The van der Waals surface area contributed by atoms with Gasteiger partial charge in [-0.25, -0.2) is 12.4 Å². The number of benzene rings is 1. The lowest BCUT2D eigenvalue weighted by Gasteiger charge is -2.33. The third-order valence-corrected chi connectivity index (χ3v) is 8.74. The van der Waals surface area contributed by atoms with Crippen molar-refractivity contribution in [3.63, 3.8) is 0 Å². The van der Waals surface area contributed by atoms with Crippen LogP contribution in [0.15, 0.2) is 69.7 Å². The molecular weight excluding hydrogens is 468 g/mol. The molecule has 0 radical (unpaired) electrons. The van der Waals surface area contributed by atoms with Crippen molar-refractivity contribution < 1.29 is 13.2 Å². The predicted molar refractivity (Wildman–Crippen MR) is 122 cm³/mol. The highest BCUT2D eigenvalue weighted by Crippen LogP contribution is 2.41. The topological polar surface area (TPSA) is 81.2 Å². The smallest absolute Gasteiger partial charge is 0.273 e. The first kappa shape index (κ1) is 20.7. The number of hydrogen-bond acceptors (Lipinski definition) is 4. The molecule has 1 aliphatic carbocycles. The molecule has 2 heterocycles. The number of halogens is 1. The van der Waals surface area contributed by atoms with Crippen molar-refractivity contribution in [2.75, 3.05) is 7.11 Å². The summed E-state index contributed by atoms with van der Waals surface area (Å²) in [6.07, 6.45) is 7.02. The fraction of sp³-hybridized carbons (Fsp3) is 0.227. The van der Waals surface area contributed by atoms with Gasteiger partial charge in [-0.2, -0.15) is 0 Å². The molecule has 1 aliphatic rings. The molecular formula is C22H21BrN2O4S. The number of fused-ring (bicyclic) bond motifs is 1. The zero-order valence-corrected chi connectivity index (χ0v) is 19.2. The molecule has 2 aromatic heterocycles. The largest absolute Gasteiger partial charge is 0.496 e. The van der Waals surface area contributed by atoms with Crippen LogP contribution in [-0.2, 0) is 10.0 Å². The summed E-state index contributed by atoms with van der Waals surface area (Å²) in [5, 5.41) is 0.583. The summed E-state index contributed by atoms with van der Waals surface area (Å²) in [6, 6.07) is 9.06. The molecule has 0 aliphatic heterocycles. The maximum atomic E-state index is 13.7. The normalized spacial score (nSPS) is 19.5. The van der Waals surface area contributed by atoms with Gasteiger partial charge in [0.2, 0.25) is 10.0 Å². The number of hydrogen-bond donors (Lipinski definition) is 1. The van der Waals surface area contributed by atoms with Crippen LogP contribution in [0.4, 0.5) is 0 Å². The Balaban J connectivity index is 1.80. The molecule has 1 unspecified atom stereocenters. The number of pyridine rings is 1. The van der Waals surface area contributed by atoms with Crippen molar-refractivity contribution in [3.05, 3.63) is 80.8 Å². The summed E-state index contributed by atoms with van der Waals surface area (Å²) in [7, 11) is -2.29. The van der Waals surface area contributed by atoms with Crippen molar-refractivity contribution in [1.82, 2.24) is 8.96 Å². The van der Waals surface area contributed by atoms with Gasteiger partial charge in [0, 0.05) is 27.8 Å². The lowest BCUT2D eigenvalue weighted by atomic mass is 9.87. The minimum atomic E-state index is -3.90. The van der Waals surface area contributed by atoms with Crippen LogP contribution < -0.4 is 10.3 Å². The van der Waals surface area contributed by atoms with Crippen LogP contribution in [0.5, 0.6) is 5.75 Å². The number of nitrogens with one attached hydrogen (secondary N) is 1. The van der Waals surface area contributed by atoms with Crippen LogP contribution >= 0.6 is 15.9 Å². The Morgan fingerprint density at radius 2 is 2.00 bits per heavy atom. The number of rotatable bonds is 4. The van der Waals surface area contributed by atoms with E-state index in [0.29, 0.717) is 16.7 Å². The van der Waals surface area contributed by atoms with Gasteiger partial charge < -0.3 is 9.72 Å². The molecule has 156 valence electrons. The molecule has 1 aromatic carbocycles. The number of ether oxygens (including phenoxy) is 1. The number of nitrogens with zero attached hydrogens (tertiary/aromatic N) is 1. The van der Waals surface area contributed by atoms with Crippen LogP contribution in [0, 0.1) is 0 Å². The van der Waals surface area contributed by atoms with Crippen LogP contribution in [0.3, 0.4) is 0 Å². The molecule has 30 heavy (non-hydrogen) atoms. The third kappa shape index (κ3) is 3.06. The zero-order valence-electron chi connectivity index (χ0n) is 16.8. The number of aromatic amines is 1. The second-order valence-electron chi connectivity index (χ2n) is 7.49. The average Bonchev–Trinajstić information content (AvgIpc) is 3.16. The predicted octanol–water partition coefficient (Wildman–Crippen LogP) is 4.47. The van der Waals surface area contributed by atoms with Crippen LogP contribution in [0.25, 0.3) is 16.5 Å². The van der Waals surface area contributed by atoms with Gasteiger partial charge in [-0.05, 0) is 61.7 Å². The van der Waals surface area contributed by atoms with Gasteiger partial charge in [0.15, 0.2) is 0 Å². The van der Waals surface area contributed by atoms with Crippen molar-refractivity contribution in [2.24, 2.45) is 0 Å². The van der Waals surface area contributed by atoms with E-state index in [-0.39, 0.29) is 11.9 Å². The van der Waals surface area contributed by atoms with Crippen molar-refractivity contribution in [2.45, 2.75) is 25.0 Å². The van der Waals surface area contributed by atoms with Crippen LogP contribution in [0.2, 0.25) is 0 Å². The molecule has 6 nitrogen and oxygen atoms in total. The maximum absolute atomic E-state index is 13.7. The Kier molecular flexibility index (Phi) is 5.02. The van der Waals surface area contributed by atoms with Gasteiger partial charge >= 0.3 is 0 Å². The van der Waals surface area contributed by atoms with Crippen molar-refractivity contribution >= 4 is 42.4 Å². The first-order valence-electron chi connectivity index (χ1n) is 9.36. The SMILES string of the molecule is COc1cc(Br)ccc1C1=CCC(C)(S(=O)(=O)n2ccc3cc[nH]c(=O)c32)C(C)=C1. The molecule has 0 bridgehead atoms. The molecule has 0 amide bonds. The fourth-order valence-corrected chi connectivity index (χ4v) is 5.98. The van der Waals surface area contributed by atoms with E-state index in [9.17, 15) is 13.2 Å². The second-order valence-corrected chi connectivity index (χ2v) is 10.7. The third-order valence-electron chi connectivity index (χ3n) is 5.80. The molecule has 0 saturated heterocycles. The van der Waals surface area contributed by atoms with Crippen LogP contribution in [0.1, 0.15) is 25.8 Å². The summed E-state index contributed by atoms with van der Waals surface area (Å²) in [5.74, 6) is 0.703. The van der Waals surface area contributed by atoms with E-state index in [1.807, 2.05) is 37.3 Å². The highest BCUT2D eigenvalue weighted by atomic mass is 79.9. The molecule has 8 heteroatoms.